The highest BCUT2D eigenvalue weighted by atomic mass is 35.5. The summed E-state index contributed by atoms with van der Waals surface area (Å²) in [5.74, 6) is -0.991. The molecule has 1 aromatic carbocycles. The summed E-state index contributed by atoms with van der Waals surface area (Å²) in [6.07, 6.45) is 1.59. The number of carbonyl (C=O) groups excluding carboxylic acids is 1. The minimum absolute atomic E-state index is 0. The number of amides is 1. The molecule has 1 aliphatic rings. The van der Waals surface area contributed by atoms with E-state index in [2.05, 4.69) is 15.7 Å². The number of rotatable bonds is 3. The van der Waals surface area contributed by atoms with Crippen LogP contribution in [0.5, 0.6) is 0 Å². The largest absolute Gasteiger partial charge is 0.348 e. The average Bonchev–Trinajstić information content (AvgIpc) is 2.56. The summed E-state index contributed by atoms with van der Waals surface area (Å²) in [5.41, 5.74) is -0.0312. The maximum absolute atomic E-state index is 14.1. The maximum atomic E-state index is 14.1. The predicted octanol–water partition coefficient (Wildman–Crippen LogP) is 1.97. The molecule has 0 bridgehead atoms. The van der Waals surface area contributed by atoms with Gasteiger partial charge in [-0.05, 0) is 45.4 Å². The number of nitrogens with zero attached hydrogens (tertiary/aromatic N) is 2. The van der Waals surface area contributed by atoms with E-state index in [-0.39, 0.29) is 29.8 Å². The van der Waals surface area contributed by atoms with Crippen LogP contribution in [0.3, 0.4) is 0 Å². The van der Waals surface area contributed by atoms with Crippen LogP contribution >= 0.6 is 12.4 Å². The molecule has 2 aromatic rings. The minimum Gasteiger partial charge on any atom is -0.348 e. The molecule has 2 atom stereocenters. The predicted molar refractivity (Wildman–Crippen MR) is 99.7 cm³/mol. The fourth-order valence-electron chi connectivity index (χ4n) is 3.09. The standard InChI is InChI=1S/C18H21FN4O2.ClH/c1-11-9-13(7-8-20-11)21-18(25)17-16(24)10-12(2)23(22-17)15-6-4-3-5-14(15)19;/h3-6,10-11,13,20H,7-9H2,1-2H3,(H,21,25);1H. The molecule has 0 spiro atoms. The first kappa shape index (κ1) is 20.1. The van der Waals surface area contributed by atoms with Crippen molar-refractivity contribution in [1.29, 1.82) is 0 Å². The zero-order valence-electron chi connectivity index (χ0n) is 14.7. The SMILES string of the molecule is Cc1cc(=O)c(C(=O)NC2CCNC(C)C2)nn1-c1ccccc1F.Cl. The Hall–Kier alpha value is -2.25. The van der Waals surface area contributed by atoms with Gasteiger partial charge < -0.3 is 10.6 Å². The van der Waals surface area contributed by atoms with Crippen LogP contribution < -0.4 is 16.1 Å². The number of nitrogens with one attached hydrogen (secondary N) is 2. The molecule has 1 saturated heterocycles. The first-order valence-electron chi connectivity index (χ1n) is 8.36. The van der Waals surface area contributed by atoms with Crippen LogP contribution in [0.4, 0.5) is 4.39 Å². The molecule has 140 valence electrons. The Balaban J connectivity index is 0.00000243. The molecule has 2 unspecified atom stereocenters. The summed E-state index contributed by atoms with van der Waals surface area (Å²) in [7, 11) is 0. The topological polar surface area (TPSA) is 76.0 Å². The van der Waals surface area contributed by atoms with Crippen molar-refractivity contribution in [3.05, 3.63) is 57.8 Å². The lowest BCUT2D eigenvalue weighted by molar-refractivity contribution is 0.0917. The summed E-state index contributed by atoms with van der Waals surface area (Å²) in [6.45, 7) is 4.51. The smallest absolute Gasteiger partial charge is 0.276 e. The molecule has 0 saturated carbocycles. The van der Waals surface area contributed by atoms with Gasteiger partial charge in [0.25, 0.3) is 5.91 Å². The molecule has 26 heavy (non-hydrogen) atoms. The van der Waals surface area contributed by atoms with E-state index >= 15 is 0 Å². The molecule has 0 radical (unpaired) electrons. The number of carbonyl (C=O) groups is 1. The zero-order chi connectivity index (χ0) is 18.0. The molecule has 1 aliphatic heterocycles. The molecule has 6 nitrogen and oxygen atoms in total. The zero-order valence-corrected chi connectivity index (χ0v) is 15.5. The normalized spacial score (nSPS) is 19.5. The van der Waals surface area contributed by atoms with Gasteiger partial charge in [-0.15, -0.1) is 12.4 Å². The number of aromatic nitrogens is 2. The monoisotopic (exact) mass is 380 g/mol. The quantitative estimate of drug-likeness (QED) is 0.853. The highest BCUT2D eigenvalue weighted by molar-refractivity contribution is 5.92. The van der Waals surface area contributed by atoms with Crippen molar-refractivity contribution in [2.45, 2.75) is 38.8 Å². The summed E-state index contributed by atoms with van der Waals surface area (Å²) < 4.78 is 15.3. The van der Waals surface area contributed by atoms with E-state index in [4.69, 9.17) is 0 Å². The van der Waals surface area contributed by atoms with Gasteiger partial charge in [0.1, 0.15) is 11.5 Å². The fourth-order valence-corrected chi connectivity index (χ4v) is 3.09. The van der Waals surface area contributed by atoms with Crippen LogP contribution in [0.25, 0.3) is 5.69 Å². The Labute approximate surface area is 157 Å². The van der Waals surface area contributed by atoms with Gasteiger partial charge in [0.2, 0.25) is 5.43 Å². The van der Waals surface area contributed by atoms with Gasteiger partial charge in [-0.2, -0.15) is 5.10 Å². The van der Waals surface area contributed by atoms with Gasteiger partial charge in [0.15, 0.2) is 5.69 Å². The van der Waals surface area contributed by atoms with Crippen molar-refractivity contribution in [1.82, 2.24) is 20.4 Å². The summed E-state index contributed by atoms with van der Waals surface area (Å²) in [4.78, 5) is 24.7. The molecule has 1 amide bonds. The molecular formula is C18H22ClFN4O2. The highest BCUT2D eigenvalue weighted by Gasteiger charge is 2.23. The number of halogens is 2. The molecule has 2 N–H and O–H groups in total. The van der Waals surface area contributed by atoms with E-state index in [1.54, 1.807) is 25.1 Å². The van der Waals surface area contributed by atoms with Gasteiger partial charge in [0.05, 0.1) is 0 Å². The average molecular weight is 381 g/mol. The summed E-state index contributed by atoms with van der Waals surface area (Å²) in [5, 5.41) is 10.3. The van der Waals surface area contributed by atoms with Crippen LogP contribution in [0.15, 0.2) is 35.1 Å². The van der Waals surface area contributed by atoms with Crippen molar-refractivity contribution >= 4 is 18.3 Å². The number of piperidine rings is 1. The summed E-state index contributed by atoms with van der Waals surface area (Å²) in [6, 6.07) is 7.71. The lowest BCUT2D eigenvalue weighted by Crippen LogP contribution is -2.47. The van der Waals surface area contributed by atoms with Gasteiger partial charge in [-0.25, -0.2) is 9.07 Å². The van der Waals surface area contributed by atoms with Gasteiger partial charge in [-0.1, -0.05) is 12.1 Å². The lowest BCUT2D eigenvalue weighted by atomic mass is 10.0. The van der Waals surface area contributed by atoms with Crippen molar-refractivity contribution in [2.75, 3.05) is 6.54 Å². The van der Waals surface area contributed by atoms with E-state index in [0.29, 0.717) is 11.7 Å². The Morgan fingerprint density at radius 1 is 1.38 bits per heavy atom. The van der Waals surface area contributed by atoms with Gasteiger partial charge >= 0.3 is 0 Å². The minimum atomic E-state index is -0.519. The van der Waals surface area contributed by atoms with Crippen molar-refractivity contribution in [2.24, 2.45) is 0 Å². The Bertz CT molecular complexity index is 855. The van der Waals surface area contributed by atoms with Crippen molar-refractivity contribution in [3.8, 4) is 5.69 Å². The third-order valence-corrected chi connectivity index (χ3v) is 4.36. The lowest BCUT2D eigenvalue weighted by Gasteiger charge is -2.28. The highest BCUT2D eigenvalue weighted by Crippen LogP contribution is 2.13. The maximum Gasteiger partial charge on any atom is 0.276 e. The van der Waals surface area contributed by atoms with Crippen LogP contribution in [0.2, 0.25) is 0 Å². The van der Waals surface area contributed by atoms with Crippen LogP contribution in [0.1, 0.15) is 35.9 Å². The van der Waals surface area contributed by atoms with Crippen LogP contribution in [-0.2, 0) is 0 Å². The molecule has 1 fully saturated rings. The van der Waals surface area contributed by atoms with E-state index in [9.17, 15) is 14.0 Å². The fraction of sp³-hybridized carbons (Fsp3) is 0.389. The van der Waals surface area contributed by atoms with E-state index < -0.39 is 17.2 Å². The summed E-state index contributed by atoms with van der Waals surface area (Å²) >= 11 is 0. The van der Waals surface area contributed by atoms with Gasteiger partial charge in [-0.3, -0.25) is 9.59 Å². The first-order valence-corrected chi connectivity index (χ1v) is 8.36. The van der Waals surface area contributed by atoms with Crippen molar-refractivity contribution < 1.29 is 9.18 Å². The molecule has 0 aliphatic carbocycles. The second-order valence-corrected chi connectivity index (χ2v) is 6.41. The second-order valence-electron chi connectivity index (χ2n) is 6.41. The van der Waals surface area contributed by atoms with E-state index in [1.807, 2.05) is 6.92 Å². The number of para-hydroxylation sites is 1. The molecule has 8 heteroatoms. The van der Waals surface area contributed by atoms with E-state index in [1.165, 1.54) is 16.8 Å². The third-order valence-electron chi connectivity index (χ3n) is 4.36. The molecule has 2 heterocycles. The van der Waals surface area contributed by atoms with Gasteiger partial charge in [0, 0.05) is 23.8 Å². The number of hydrogen-bond acceptors (Lipinski definition) is 4. The number of hydrogen-bond donors (Lipinski definition) is 2. The Morgan fingerprint density at radius 2 is 2.12 bits per heavy atom. The van der Waals surface area contributed by atoms with Crippen LogP contribution in [-0.4, -0.2) is 34.3 Å². The van der Waals surface area contributed by atoms with Crippen molar-refractivity contribution in [3.63, 3.8) is 0 Å². The number of benzene rings is 1. The third kappa shape index (κ3) is 4.28. The number of aryl methyl sites for hydroxylation is 1. The van der Waals surface area contributed by atoms with E-state index in [0.717, 1.165) is 19.4 Å². The van der Waals surface area contributed by atoms with Crippen LogP contribution in [0, 0.1) is 12.7 Å². The molecular weight excluding hydrogens is 359 g/mol. The Kier molecular flexibility index (Phi) is 6.50. The molecule has 1 aromatic heterocycles. The first-order chi connectivity index (χ1) is 12.0. The second kappa shape index (κ2) is 8.42. The molecule has 3 rings (SSSR count). The Morgan fingerprint density at radius 3 is 2.81 bits per heavy atom.